The van der Waals surface area contributed by atoms with Gasteiger partial charge in [-0.15, -0.1) is 5.11 Å². The van der Waals surface area contributed by atoms with E-state index in [0.29, 0.717) is 5.69 Å². The van der Waals surface area contributed by atoms with Crippen molar-refractivity contribution < 1.29 is 0 Å². The molecule has 5 rings (SSSR count). The molecule has 0 saturated carbocycles. The predicted molar refractivity (Wildman–Crippen MR) is 134 cm³/mol. The summed E-state index contributed by atoms with van der Waals surface area (Å²) < 4.78 is 1.89. The first-order valence-electron chi connectivity index (χ1n) is 10.8. The largest absolute Gasteiger partial charge is 0.338 e. The molecule has 0 saturated heterocycles. The molecule has 0 radical (unpaired) electrons. The van der Waals surface area contributed by atoms with Gasteiger partial charge in [0.15, 0.2) is 11.5 Å². The normalized spacial score (nSPS) is 11.1. The highest BCUT2D eigenvalue weighted by Gasteiger charge is 2.21. The first-order valence-corrected chi connectivity index (χ1v) is 10.8. The lowest BCUT2D eigenvalue weighted by molar-refractivity contribution is 0.892. The van der Waals surface area contributed by atoms with Crippen LogP contribution in [0.3, 0.4) is 0 Å². The zero-order valence-electron chi connectivity index (χ0n) is 18.3. The van der Waals surface area contributed by atoms with E-state index in [1.165, 1.54) is 5.56 Å². The van der Waals surface area contributed by atoms with Crippen LogP contribution < -0.4 is 5.32 Å². The fourth-order valence-corrected chi connectivity index (χ4v) is 3.54. The lowest BCUT2D eigenvalue weighted by Gasteiger charge is -2.11. The second-order valence-electron chi connectivity index (χ2n) is 7.69. The lowest BCUT2D eigenvalue weighted by atomic mass is 10.1. The Morgan fingerprint density at radius 2 is 1.27 bits per heavy atom. The molecule has 0 spiro atoms. The molecule has 33 heavy (non-hydrogen) atoms. The van der Waals surface area contributed by atoms with Crippen LogP contribution in [0.2, 0.25) is 0 Å². The summed E-state index contributed by atoms with van der Waals surface area (Å²) in [7, 11) is 0. The minimum atomic E-state index is 0.675. The molecule has 0 aliphatic heterocycles. The second kappa shape index (κ2) is 9.32. The van der Waals surface area contributed by atoms with Crippen LogP contribution in [0.4, 0.5) is 22.9 Å². The van der Waals surface area contributed by atoms with Crippen molar-refractivity contribution in [2.24, 2.45) is 10.2 Å². The van der Waals surface area contributed by atoms with Crippen molar-refractivity contribution in [2.75, 3.05) is 5.32 Å². The van der Waals surface area contributed by atoms with Gasteiger partial charge in [0, 0.05) is 11.3 Å². The highest BCUT2D eigenvalue weighted by atomic mass is 15.4. The number of aryl methyl sites for hydroxylation is 1. The average molecular weight is 430 g/mol. The minimum Gasteiger partial charge on any atom is -0.338 e. The van der Waals surface area contributed by atoms with Gasteiger partial charge in [0.05, 0.1) is 11.4 Å². The van der Waals surface area contributed by atoms with Crippen molar-refractivity contribution in [3.05, 3.63) is 121 Å². The summed E-state index contributed by atoms with van der Waals surface area (Å²) >= 11 is 0. The predicted octanol–water partition coefficient (Wildman–Crippen LogP) is 8.01. The van der Waals surface area contributed by atoms with E-state index in [9.17, 15) is 0 Å². The molecule has 160 valence electrons. The minimum absolute atomic E-state index is 0.675. The zero-order chi connectivity index (χ0) is 22.5. The molecule has 1 N–H and O–H groups in total. The third kappa shape index (κ3) is 4.57. The molecule has 5 nitrogen and oxygen atoms in total. The van der Waals surface area contributed by atoms with Gasteiger partial charge in [0.1, 0.15) is 5.69 Å². The van der Waals surface area contributed by atoms with Crippen LogP contribution in [0, 0.1) is 6.92 Å². The smallest absolute Gasteiger partial charge is 0.162 e. The molecule has 0 unspecified atom stereocenters. The van der Waals surface area contributed by atoms with Crippen LogP contribution in [0.1, 0.15) is 5.56 Å². The van der Waals surface area contributed by atoms with E-state index in [0.717, 1.165) is 34.1 Å². The van der Waals surface area contributed by atoms with E-state index in [1.807, 2.05) is 95.7 Å². The Bertz CT molecular complexity index is 1360. The van der Waals surface area contributed by atoms with Crippen LogP contribution >= 0.6 is 0 Å². The van der Waals surface area contributed by atoms with Crippen molar-refractivity contribution in [1.82, 2.24) is 9.78 Å². The van der Waals surface area contributed by atoms with Crippen LogP contribution in [0.5, 0.6) is 0 Å². The molecule has 4 aromatic carbocycles. The van der Waals surface area contributed by atoms with Gasteiger partial charge in [0.25, 0.3) is 0 Å². The molecular weight excluding hydrogens is 406 g/mol. The third-order valence-corrected chi connectivity index (χ3v) is 5.24. The van der Waals surface area contributed by atoms with E-state index >= 15 is 0 Å². The fourth-order valence-electron chi connectivity index (χ4n) is 3.54. The molecule has 0 atom stereocenters. The summed E-state index contributed by atoms with van der Waals surface area (Å²) in [6.45, 7) is 2.07. The number of hydrogen-bond acceptors (Lipinski definition) is 4. The van der Waals surface area contributed by atoms with Crippen LogP contribution in [-0.4, -0.2) is 9.78 Å². The van der Waals surface area contributed by atoms with Crippen molar-refractivity contribution in [2.45, 2.75) is 6.92 Å². The van der Waals surface area contributed by atoms with Crippen molar-refractivity contribution in [3.8, 4) is 16.9 Å². The molecule has 0 aliphatic carbocycles. The Morgan fingerprint density at radius 1 is 0.667 bits per heavy atom. The highest BCUT2D eigenvalue weighted by molar-refractivity contribution is 5.84. The quantitative estimate of drug-likeness (QED) is 0.278. The van der Waals surface area contributed by atoms with Gasteiger partial charge in [-0.05, 0) is 43.3 Å². The SMILES string of the molecule is Cc1ccc(Nc2c(N=Nc3ccccc3)c(-c3ccccc3)nn2-c2ccccc2)cc1. The van der Waals surface area contributed by atoms with E-state index < -0.39 is 0 Å². The maximum atomic E-state index is 4.98. The van der Waals surface area contributed by atoms with E-state index in [2.05, 4.69) is 41.6 Å². The summed E-state index contributed by atoms with van der Waals surface area (Å²) in [5.74, 6) is 0.753. The molecule has 0 amide bonds. The van der Waals surface area contributed by atoms with E-state index in [4.69, 9.17) is 10.2 Å². The first kappa shape index (κ1) is 20.4. The van der Waals surface area contributed by atoms with Gasteiger partial charge in [0.2, 0.25) is 0 Å². The summed E-state index contributed by atoms with van der Waals surface area (Å²) in [6.07, 6.45) is 0. The first-order chi connectivity index (χ1) is 16.3. The van der Waals surface area contributed by atoms with Gasteiger partial charge < -0.3 is 5.32 Å². The summed E-state index contributed by atoms with van der Waals surface area (Å²) in [6, 6.07) is 38.1. The maximum Gasteiger partial charge on any atom is 0.162 e. The molecule has 1 heterocycles. The number of aromatic nitrogens is 2. The molecular formula is C28H23N5. The van der Waals surface area contributed by atoms with Gasteiger partial charge in [-0.1, -0.05) is 84.4 Å². The molecule has 0 aliphatic rings. The Balaban J connectivity index is 1.71. The van der Waals surface area contributed by atoms with Crippen LogP contribution in [-0.2, 0) is 0 Å². The standard InChI is InChI=1S/C28H23N5/c1-21-17-19-23(20-18-21)29-28-27(31-30-24-13-7-3-8-14-24)26(22-11-5-2-6-12-22)32-33(28)25-15-9-4-10-16-25/h2-20,29H,1H3. The Labute approximate surface area is 193 Å². The van der Waals surface area contributed by atoms with Gasteiger partial charge >= 0.3 is 0 Å². The molecule has 5 heteroatoms. The molecule has 0 fully saturated rings. The van der Waals surface area contributed by atoms with E-state index in [-0.39, 0.29) is 0 Å². The number of para-hydroxylation sites is 1. The van der Waals surface area contributed by atoms with Crippen molar-refractivity contribution >= 4 is 22.9 Å². The molecule has 0 bridgehead atoms. The Hall–Kier alpha value is -4.51. The van der Waals surface area contributed by atoms with Crippen LogP contribution in [0.25, 0.3) is 16.9 Å². The monoisotopic (exact) mass is 429 g/mol. The zero-order valence-corrected chi connectivity index (χ0v) is 18.3. The number of anilines is 2. The van der Waals surface area contributed by atoms with Gasteiger partial charge in [-0.25, -0.2) is 4.68 Å². The Kier molecular flexibility index (Phi) is 5.76. The number of hydrogen-bond donors (Lipinski definition) is 1. The van der Waals surface area contributed by atoms with Crippen molar-refractivity contribution in [3.63, 3.8) is 0 Å². The number of benzene rings is 4. The third-order valence-electron chi connectivity index (χ3n) is 5.24. The molecule has 5 aromatic rings. The molecule has 1 aromatic heterocycles. The second-order valence-corrected chi connectivity index (χ2v) is 7.69. The van der Waals surface area contributed by atoms with Gasteiger partial charge in [-0.2, -0.15) is 10.2 Å². The van der Waals surface area contributed by atoms with Gasteiger partial charge in [-0.3, -0.25) is 0 Å². The number of rotatable bonds is 6. The summed E-state index contributed by atoms with van der Waals surface area (Å²) in [4.78, 5) is 0. The van der Waals surface area contributed by atoms with E-state index in [1.54, 1.807) is 0 Å². The summed E-state index contributed by atoms with van der Waals surface area (Å²) in [5, 5.41) is 17.7. The lowest BCUT2D eigenvalue weighted by Crippen LogP contribution is -2.02. The average Bonchev–Trinajstić information content (AvgIpc) is 3.24. The summed E-state index contributed by atoms with van der Waals surface area (Å²) in [5.41, 5.74) is 6.28. The van der Waals surface area contributed by atoms with Crippen LogP contribution in [0.15, 0.2) is 125 Å². The maximum absolute atomic E-state index is 4.98. The fraction of sp³-hybridized carbons (Fsp3) is 0.0357. The Morgan fingerprint density at radius 3 is 1.94 bits per heavy atom. The van der Waals surface area contributed by atoms with Crippen molar-refractivity contribution in [1.29, 1.82) is 0 Å². The number of nitrogens with one attached hydrogen (secondary N) is 1. The number of azo groups is 1. The topological polar surface area (TPSA) is 54.6 Å². The number of nitrogens with zero attached hydrogens (tertiary/aromatic N) is 4. The highest BCUT2D eigenvalue weighted by Crippen LogP contribution is 2.40.